The molecule has 0 bridgehead atoms. The third-order valence-corrected chi connectivity index (χ3v) is 4.98. The number of benzene rings is 2. The smallest absolute Gasteiger partial charge is 0.251 e. The summed E-state index contributed by atoms with van der Waals surface area (Å²) in [6.07, 6.45) is 0.865. The van der Waals surface area contributed by atoms with Crippen LogP contribution in [-0.2, 0) is 13.0 Å². The predicted octanol–water partition coefficient (Wildman–Crippen LogP) is 3.21. The van der Waals surface area contributed by atoms with E-state index in [2.05, 4.69) is 39.1 Å². The van der Waals surface area contributed by atoms with Crippen LogP contribution >= 0.6 is 24.0 Å². The van der Waals surface area contributed by atoms with E-state index in [1.807, 2.05) is 57.1 Å². The van der Waals surface area contributed by atoms with E-state index >= 15 is 0 Å². The van der Waals surface area contributed by atoms with Crippen LogP contribution in [-0.4, -0.2) is 64.2 Å². The minimum atomic E-state index is -0.0590. The Morgan fingerprint density at radius 3 is 2.52 bits per heavy atom. The quantitative estimate of drug-likeness (QED) is 0.221. The summed E-state index contributed by atoms with van der Waals surface area (Å²) in [4.78, 5) is 19.1. The van der Waals surface area contributed by atoms with Crippen LogP contribution in [0.25, 0.3) is 0 Å². The number of hydrogen-bond donors (Lipinski definition) is 3. The van der Waals surface area contributed by atoms with E-state index in [4.69, 9.17) is 4.74 Å². The molecule has 2 aromatic carbocycles. The third-order valence-electron chi connectivity index (χ3n) is 4.98. The lowest BCUT2D eigenvalue weighted by Crippen LogP contribution is -2.38. The second-order valence-electron chi connectivity index (χ2n) is 7.94. The van der Waals surface area contributed by atoms with Gasteiger partial charge < -0.3 is 25.6 Å². The highest BCUT2D eigenvalue weighted by Gasteiger charge is 2.06. The van der Waals surface area contributed by atoms with Crippen LogP contribution < -0.4 is 20.7 Å². The van der Waals surface area contributed by atoms with Crippen molar-refractivity contribution in [3.05, 3.63) is 64.7 Å². The molecule has 8 heteroatoms. The number of likely N-dealkylation sites (N-methyl/N-ethyl adjacent to an activating group) is 1. The van der Waals surface area contributed by atoms with Gasteiger partial charge in [0, 0.05) is 31.7 Å². The molecule has 0 aliphatic carbocycles. The number of rotatable bonds is 11. The molecule has 0 fully saturated rings. The zero-order chi connectivity index (χ0) is 23.3. The molecule has 0 aromatic heterocycles. The van der Waals surface area contributed by atoms with Gasteiger partial charge in [0.25, 0.3) is 5.91 Å². The predicted molar refractivity (Wildman–Crippen MR) is 147 cm³/mol. The van der Waals surface area contributed by atoms with Crippen LogP contribution in [0.2, 0.25) is 0 Å². The zero-order valence-corrected chi connectivity index (χ0v) is 22.7. The van der Waals surface area contributed by atoms with Gasteiger partial charge in [0.2, 0.25) is 0 Å². The summed E-state index contributed by atoms with van der Waals surface area (Å²) in [5.41, 5.74) is 3.99. The summed E-state index contributed by atoms with van der Waals surface area (Å²) in [7, 11) is 5.67. The second kappa shape index (κ2) is 15.5. The first-order valence-corrected chi connectivity index (χ1v) is 11.1. The molecule has 0 spiro atoms. The number of halogens is 1. The van der Waals surface area contributed by atoms with Crippen molar-refractivity contribution in [3.8, 4) is 5.75 Å². The maximum Gasteiger partial charge on any atom is 0.251 e. The number of ether oxygens (including phenoxy) is 1. The van der Waals surface area contributed by atoms with E-state index in [1.54, 1.807) is 7.11 Å². The van der Waals surface area contributed by atoms with Crippen molar-refractivity contribution in [1.29, 1.82) is 0 Å². The van der Waals surface area contributed by atoms with Gasteiger partial charge >= 0.3 is 0 Å². The Balaban J connectivity index is 0.00000544. The average molecular weight is 568 g/mol. The molecule has 7 nitrogen and oxygen atoms in total. The normalized spacial score (nSPS) is 11.0. The van der Waals surface area contributed by atoms with E-state index in [-0.39, 0.29) is 29.9 Å². The molecule has 0 atom stereocenters. The van der Waals surface area contributed by atoms with Crippen LogP contribution in [0, 0.1) is 6.92 Å². The van der Waals surface area contributed by atoms with Crippen molar-refractivity contribution in [1.82, 2.24) is 20.9 Å². The van der Waals surface area contributed by atoms with Gasteiger partial charge in [-0.25, -0.2) is 4.99 Å². The van der Waals surface area contributed by atoms with Crippen molar-refractivity contribution in [2.24, 2.45) is 4.99 Å². The fraction of sp³-hybridized carbons (Fsp3) is 0.440. The lowest BCUT2D eigenvalue weighted by Gasteiger charge is -2.13. The first-order chi connectivity index (χ1) is 15.4. The molecule has 2 aromatic rings. The van der Waals surface area contributed by atoms with Gasteiger partial charge in [-0.3, -0.25) is 4.79 Å². The highest BCUT2D eigenvalue weighted by atomic mass is 127. The number of carbonyl (C=O) groups is 1. The average Bonchev–Trinajstić information content (AvgIpc) is 2.78. The maximum absolute atomic E-state index is 12.4. The SMILES string of the molecule is CCNC(=NCc1cccc(C(=O)NCCN(C)C)c1)NCCc1ccc(C)c(OC)c1.I. The van der Waals surface area contributed by atoms with E-state index < -0.39 is 0 Å². The van der Waals surface area contributed by atoms with Crippen LogP contribution in [0.5, 0.6) is 5.75 Å². The number of amides is 1. The number of methoxy groups -OCH3 is 1. The lowest BCUT2D eigenvalue weighted by molar-refractivity contribution is 0.0951. The summed E-state index contributed by atoms with van der Waals surface area (Å²) < 4.78 is 5.41. The highest BCUT2D eigenvalue weighted by Crippen LogP contribution is 2.19. The summed E-state index contributed by atoms with van der Waals surface area (Å²) >= 11 is 0. The molecule has 0 unspecified atom stereocenters. The zero-order valence-electron chi connectivity index (χ0n) is 20.4. The van der Waals surface area contributed by atoms with Gasteiger partial charge in [0.15, 0.2) is 5.96 Å². The Bertz CT molecular complexity index is 902. The Labute approximate surface area is 215 Å². The molecule has 0 aliphatic heterocycles. The highest BCUT2D eigenvalue weighted by molar-refractivity contribution is 14.0. The van der Waals surface area contributed by atoms with Gasteiger partial charge in [-0.05, 0) is 69.3 Å². The fourth-order valence-corrected chi connectivity index (χ4v) is 3.16. The number of aliphatic imine (C=N–C) groups is 1. The monoisotopic (exact) mass is 567 g/mol. The molecule has 0 aliphatic rings. The Morgan fingerprint density at radius 2 is 1.82 bits per heavy atom. The van der Waals surface area contributed by atoms with Crippen molar-refractivity contribution in [3.63, 3.8) is 0 Å². The summed E-state index contributed by atoms with van der Waals surface area (Å²) in [5.74, 6) is 1.61. The number of nitrogens with one attached hydrogen (secondary N) is 3. The van der Waals surface area contributed by atoms with Crippen molar-refractivity contribution in [2.75, 3.05) is 47.4 Å². The van der Waals surface area contributed by atoms with Crippen LogP contribution in [0.1, 0.15) is 34.0 Å². The summed E-state index contributed by atoms with van der Waals surface area (Å²) in [6.45, 7) is 7.54. The van der Waals surface area contributed by atoms with E-state index in [1.165, 1.54) is 5.56 Å². The minimum Gasteiger partial charge on any atom is -0.496 e. The first-order valence-electron chi connectivity index (χ1n) is 11.1. The minimum absolute atomic E-state index is 0. The van der Waals surface area contributed by atoms with Gasteiger partial charge in [0.05, 0.1) is 13.7 Å². The largest absolute Gasteiger partial charge is 0.496 e. The molecule has 182 valence electrons. The fourth-order valence-electron chi connectivity index (χ4n) is 3.16. The number of hydrogen-bond acceptors (Lipinski definition) is 4. The molecule has 1 amide bonds. The van der Waals surface area contributed by atoms with Gasteiger partial charge in [0.1, 0.15) is 5.75 Å². The van der Waals surface area contributed by atoms with Crippen LogP contribution in [0.15, 0.2) is 47.5 Å². The van der Waals surface area contributed by atoms with E-state index in [0.29, 0.717) is 18.7 Å². The van der Waals surface area contributed by atoms with Crippen molar-refractivity contribution >= 4 is 35.8 Å². The van der Waals surface area contributed by atoms with E-state index in [0.717, 1.165) is 48.9 Å². The Hall–Kier alpha value is -2.33. The molecule has 0 radical (unpaired) electrons. The molecule has 2 rings (SSSR count). The molecule has 3 N–H and O–H groups in total. The summed E-state index contributed by atoms with van der Waals surface area (Å²) in [5, 5.41) is 9.61. The molecule has 33 heavy (non-hydrogen) atoms. The molecule has 0 saturated carbocycles. The molecular formula is C25H38IN5O2. The third kappa shape index (κ3) is 10.4. The summed E-state index contributed by atoms with van der Waals surface area (Å²) in [6, 6.07) is 13.9. The first kappa shape index (κ1) is 28.7. The standard InChI is InChI=1S/C25H37N5O2.HI/c1-6-26-25(28-13-12-20-11-10-19(2)23(17-20)32-5)29-18-21-8-7-9-22(16-21)24(31)27-14-15-30(3)4;/h7-11,16-17H,6,12-15,18H2,1-5H3,(H,27,31)(H2,26,28,29);1H. The number of aryl methyl sites for hydroxylation is 1. The van der Waals surface area contributed by atoms with Crippen molar-refractivity contribution in [2.45, 2.75) is 26.8 Å². The van der Waals surface area contributed by atoms with Crippen LogP contribution in [0.4, 0.5) is 0 Å². The number of nitrogens with zero attached hydrogens (tertiary/aromatic N) is 2. The number of carbonyl (C=O) groups excluding carboxylic acids is 1. The lowest BCUT2D eigenvalue weighted by atomic mass is 10.1. The molecular weight excluding hydrogens is 529 g/mol. The van der Waals surface area contributed by atoms with Crippen molar-refractivity contribution < 1.29 is 9.53 Å². The van der Waals surface area contributed by atoms with Gasteiger partial charge in [-0.15, -0.1) is 24.0 Å². The van der Waals surface area contributed by atoms with E-state index in [9.17, 15) is 4.79 Å². The topological polar surface area (TPSA) is 78.0 Å². The molecule has 0 saturated heterocycles. The van der Waals surface area contributed by atoms with Gasteiger partial charge in [-0.1, -0.05) is 24.3 Å². The molecule has 0 heterocycles. The maximum atomic E-state index is 12.4. The second-order valence-corrected chi connectivity index (χ2v) is 7.94. The van der Waals surface area contributed by atoms with Crippen LogP contribution in [0.3, 0.4) is 0 Å². The Morgan fingerprint density at radius 1 is 1.03 bits per heavy atom. The Kier molecular flexibility index (Phi) is 13.5. The van der Waals surface area contributed by atoms with Gasteiger partial charge in [-0.2, -0.15) is 0 Å². The number of guanidine groups is 1.